The van der Waals surface area contributed by atoms with E-state index in [1.54, 1.807) is 12.1 Å². The summed E-state index contributed by atoms with van der Waals surface area (Å²) in [6.45, 7) is 3.26. The molecule has 0 spiro atoms. The Bertz CT molecular complexity index is 1220. The van der Waals surface area contributed by atoms with Crippen LogP contribution < -0.4 is 10.2 Å². The first kappa shape index (κ1) is 24.8. The molecule has 3 aromatic rings. The minimum atomic E-state index is -0.198. The van der Waals surface area contributed by atoms with Gasteiger partial charge in [-0.25, -0.2) is 0 Å². The normalized spacial score (nSPS) is 17.4. The van der Waals surface area contributed by atoms with Crippen molar-refractivity contribution >= 4 is 44.5 Å². The van der Waals surface area contributed by atoms with Crippen LogP contribution >= 0.6 is 27.5 Å². The van der Waals surface area contributed by atoms with Crippen LogP contribution in [0.2, 0.25) is 5.02 Å². The van der Waals surface area contributed by atoms with Gasteiger partial charge in [-0.15, -0.1) is 0 Å². The van der Waals surface area contributed by atoms with E-state index >= 15 is 0 Å². The Morgan fingerprint density at radius 2 is 1.94 bits per heavy atom. The summed E-state index contributed by atoms with van der Waals surface area (Å²) in [7, 11) is 0. The molecule has 0 saturated heterocycles. The lowest BCUT2D eigenvalue weighted by Gasteiger charge is -2.33. The van der Waals surface area contributed by atoms with Gasteiger partial charge in [0.2, 0.25) is 0 Å². The monoisotopic (exact) mass is 548 g/mol. The van der Waals surface area contributed by atoms with Crippen molar-refractivity contribution < 1.29 is 23.4 Å². The van der Waals surface area contributed by atoms with E-state index < -0.39 is 0 Å². The Hall–Kier alpha value is -2.35. The zero-order valence-corrected chi connectivity index (χ0v) is 21.2. The summed E-state index contributed by atoms with van der Waals surface area (Å²) < 4.78 is 23.7. The lowest BCUT2D eigenvalue weighted by Crippen LogP contribution is -2.38. The minimum absolute atomic E-state index is 0.0432. The highest BCUT2D eigenvalue weighted by atomic mass is 79.9. The van der Waals surface area contributed by atoms with Gasteiger partial charge in [-0.05, 0) is 59.5 Å². The molecule has 0 amide bonds. The van der Waals surface area contributed by atoms with Gasteiger partial charge < -0.3 is 18.6 Å². The molecule has 180 valence electrons. The van der Waals surface area contributed by atoms with Gasteiger partial charge in [-0.1, -0.05) is 37.1 Å². The third-order valence-electron chi connectivity index (χ3n) is 5.80. The molecule has 0 unspecified atom stereocenters. The van der Waals surface area contributed by atoms with E-state index in [2.05, 4.69) is 22.9 Å². The number of carbonyl (C=O) groups excluding carboxylic acids is 1. The Balaban J connectivity index is 1.34. The van der Waals surface area contributed by atoms with Crippen LogP contribution in [0.3, 0.4) is 0 Å². The van der Waals surface area contributed by atoms with Gasteiger partial charge in [0.1, 0.15) is 18.1 Å². The first-order chi connectivity index (χ1) is 16.5. The molecule has 1 aliphatic carbocycles. The maximum absolute atomic E-state index is 12.7. The largest absolute Gasteiger partial charge is 0.490 e. The van der Waals surface area contributed by atoms with Gasteiger partial charge in [-0.2, -0.15) is 0 Å². The van der Waals surface area contributed by atoms with Crippen LogP contribution in [0.25, 0.3) is 22.3 Å². The number of benzene rings is 2. The van der Waals surface area contributed by atoms with E-state index in [4.69, 9.17) is 30.2 Å². The van der Waals surface area contributed by atoms with Crippen molar-refractivity contribution in [1.82, 2.24) is 0 Å². The molecule has 34 heavy (non-hydrogen) atoms. The number of ether oxygens (including phenoxy) is 3. The van der Waals surface area contributed by atoms with Gasteiger partial charge in [0.25, 0.3) is 0 Å². The summed E-state index contributed by atoms with van der Waals surface area (Å²) in [4.78, 5) is 24.7. The number of fused-ring (bicyclic) bond motifs is 1. The molecule has 0 bridgehead atoms. The van der Waals surface area contributed by atoms with E-state index in [9.17, 15) is 9.59 Å². The molecule has 8 heteroatoms. The summed E-state index contributed by atoms with van der Waals surface area (Å²) in [5, 5.41) is 0.757. The molecule has 1 aliphatic rings. The molecule has 4 rings (SSSR count). The van der Waals surface area contributed by atoms with Crippen molar-refractivity contribution in [3.8, 4) is 17.1 Å². The maximum atomic E-state index is 12.7. The van der Waals surface area contributed by atoms with E-state index in [0.29, 0.717) is 70.2 Å². The van der Waals surface area contributed by atoms with Crippen LogP contribution in [0.1, 0.15) is 32.6 Å². The third kappa shape index (κ3) is 5.65. The van der Waals surface area contributed by atoms with Crippen LogP contribution in [0.5, 0.6) is 5.75 Å². The van der Waals surface area contributed by atoms with E-state index in [-0.39, 0.29) is 23.4 Å². The summed E-state index contributed by atoms with van der Waals surface area (Å²) in [6.07, 6.45) is 3.30. The Kier molecular flexibility index (Phi) is 8.29. The first-order valence-corrected chi connectivity index (χ1v) is 12.6. The standard InChI is InChI=1S/C26H26BrClO6/c1-2-3-10-33-26(30)16-13-17(14-16)31-11-12-32-22-7-5-4-6-18(22)23-15-21(29)24-19(27)8-9-20(28)25(24)34-23/h4-9,15-17H,2-3,10-14H2,1H3. The van der Waals surface area contributed by atoms with Gasteiger partial charge in [0, 0.05) is 10.5 Å². The molecule has 6 nitrogen and oxygen atoms in total. The second-order valence-electron chi connectivity index (χ2n) is 8.24. The van der Waals surface area contributed by atoms with Gasteiger partial charge in [0.05, 0.1) is 41.2 Å². The first-order valence-electron chi connectivity index (χ1n) is 11.4. The molecule has 1 saturated carbocycles. The van der Waals surface area contributed by atoms with Crippen molar-refractivity contribution in [2.45, 2.75) is 38.7 Å². The van der Waals surface area contributed by atoms with Crippen molar-refractivity contribution in [2.75, 3.05) is 19.8 Å². The smallest absolute Gasteiger partial charge is 0.309 e. The Labute approximate surface area is 211 Å². The average molecular weight is 550 g/mol. The number of hydrogen-bond acceptors (Lipinski definition) is 6. The number of esters is 1. The predicted octanol–water partition coefficient (Wildman–Crippen LogP) is 6.39. The fraction of sp³-hybridized carbons (Fsp3) is 0.385. The number of unbranched alkanes of at least 4 members (excludes halogenated alkanes) is 1. The highest BCUT2D eigenvalue weighted by molar-refractivity contribution is 9.10. The zero-order chi connectivity index (χ0) is 24.1. The van der Waals surface area contributed by atoms with Crippen molar-refractivity contribution in [2.24, 2.45) is 5.92 Å². The molecule has 1 aromatic heterocycles. The fourth-order valence-electron chi connectivity index (χ4n) is 3.82. The molecule has 2 aromatic carbocycles. The highest BCUT2D eigenvalue weighted by Crippen LogP contribution is 2.35. The van der Waals surface area contributed by atoms with Crippen LogP contribution in [-0.2, 0) is 14.3 Å². The summed E-state index contributed by atoms with van der Waals surface area (Å²) in [5.41, 5.74) is 0.775. The van der Waals surface area contributed by atoms with Crippen molar-refractivity contribution in [3.63, 3.8) is 0 Å². The zero-order valence-electron chi connectivity index (χ0n) is 18.9. The van der Waals surface area contributed by atoms with Crippen LogP contribution in [0.15, 0.2) is 56.1 Å². The van der Waals surface area contributed by atoms with Crippen LogP contribution in [0, 0.1) is 5.92 Å². The number of halogens is 2. The number of hydrogen-bond donors (Lipinski definition) is 0. The summed E-state index contributed by atoms with van der Waals surface area (Å²) >= 11 is 9.67. The lowest BCUT2D eigenvalue weighted by atomic mass is 9.82. The fourth-order valence-corrected chi connectivity index (χ4v) is 4.52. The quantitative estimate of drug-likeness (QED) is 0.215. The van der Waals surface area contributed by atoms with Gasteiger partial charge >= 0.3 is 5.97 Å². The molecule has 1 heterocycles. The topological polar surface area (TPSA) is 75.0 Å². The number of carbonyl (C=O) groups is 1. The van der Waals surface area contributed by atoms with Gasteiger partial charge in [0.15, 0.2) is 11.0 Å². The second kappa shape index (κ2) is 11.4. The second-order valence-corrected chi connectivity index (χ2v) is 9.50. The van der Waals surface area contributed by atoms with Crippen LogP contribution in [0.4, 0.5) is 0 Å². The van der Waals surface area contributed by atoms with Gasteiger partial charge in [-0.3, -0.25) is 9.59 Å². The summed E-state index contributed by atoms with van der Waals surface area (Å²) in [5.74, 6) is 0.761. The number of para-hydroxylation sites is 1. The summed E-state index contributed by atoms with van der Waals surface area (Å²) in [6, 6.07) is 12.2. The SMILES string of the molecule is CCCCOC(=O)C1CC(OCCOc2ccccc2-c2cc(=O)c3c(Br)ccc(Cl)c3o2)C1. The third-order valence-corrected chi connectivity index (χ3v) is 6.76. The van der Waals surface area contributed by atoms with Crippen molar-refractivity contribution in [1.29, 1.82) is 0 Å². The molecule has 0 aliphatic heterocycles. The van der Waals surface area contributed by atoms with Crippen molar-refractivity contribution in [3.05, 3.63) is 62.2 Å². The lowest BCUT2D eigenvalue weighted by molar-refractivity contribution is -0.158. The molecular weight excluding hydrogens is 524 g/mol. The highest BCUT2D eigenvalue weighted by Gasteiger charge is 2.36. The van der Waals surface area contributed by atoms with E-state index in [1.165, 1.54) is 6.07 Å². The molecule has 0 radical (unpaired) electrons. The van der Waals surface area contributed by atoms with E-state index in [0.717, 1.165) is 12.8 Å². The average Bonchev–Trinajstić information content (AvgIpc) is 2.80. The maximum Gasteiger partial charge on any atom is 0.309 e. The minimum Gasteiger partial charge on any atom is -0.490 e. The molecule has 0 N–H and O–H groups in total. The molecular formula is C26H26BrClO6. The van der Waals surface area contributed by atoms with E-state index in [1.807, 2.05) is 24.3 Å². The Morgan fingerprint density at radius 1 is 1.15 bits per heavy atom. The Morgan fingerprint density at radius 3 is 2.74 bits per heavy atom. The van der Waals surface area contributed by atoms with Crippen LogP contribution in [-0.4, -0.2) is 31.9 Å². The molecule has 1 fully saturated rings. The molecule has 0 atom stereocenters. The number of rotatable bonds is 10. The predicted molar refractivity (Wildman–Crippen MR) is 134 cm³/mol.